The average molecular weight is 288 g/mol. The summed E-state index contributed by atoms with van der Waals surface area (Å²) in [6.45, 7) is 3.99. The number of H-pyrrole nitrogens is 1. The van der Waals surface area contributed by atoms with E-state index in [1.807, 2.05) is 32.0 Å². The molecule has 0 aliphatic heterocycles. The molecule has 1 amide bonds. The Labute approximate surface area is 122 Å². The highest BCUT2D eigenvalue weighted by Gasteiger charge is 2.12. The Balaban J connectivity index is 2.11. The lowest BCUT2D eigenvalue weighted by molar-refractivity contribution is -0.115. The largest absolute Gasteiger partial charge is 0.389 e. The Morgan fingerprint density at radius 2 is 2.20 bits per heavy atom. The standard InChI is InChI=1S/C14H16N4OS/c1-8-3-4-9(2)10(5-8)6-12(19)17-14-11(13(15)20)7-16-18-14/h3-5,7H,6H2,1-2H3,(H2,15,20)(H2,16,17,18,19). The van der Waals surface area contributed by atoms with E-state index in [1.54, 1.807) is 0 Å². The molecule has 4 N–H and O–H groups in total. The van der Waals surface area contributed by atoms with E-state index in [-0.39, 0.29) is 10.9 Å². The van der Waals surface area contributed by atoms with Gasteiger partial charge < -0.3 is 11.1 Å². The molecule has 0 fully saturated rings. The van der Waals surface area contributed by atoms with Crippen LogP contribution < -0.4 is 11.1 Å². The summed E-state index contributed by atoms with van der Waals surface area (Å²) in [5.74, 6) is 0.299. The van der Waals surface area contributed by atoms with Crippen LogP contribution in [0.15, 0.2) is 24.4 Å². The van der Waals surface area contributed by atoms with Gasteiger partial charge in [0.1, 0.15) is 10.8 Å². The average Bonchev–Trinajstić information content (AvgIpc) is 2.82. The number of anilines is 1. The second kappa shape index (κ2) is 5.83. The Kier molecular flexibility index (Phi) is 4.14. The molecular weight excluding hydrogens is 272 g/mol. The van der Waals surface area contributed by atoms with Crippen molar-refractivity contribution in [2.45, 2.75) is 20.3 Å². The highest BCUT2D eigenvalue weighted by molar-refractivity contribution is 7.80. The Hall–Kier alpha value is -2.21. The maximum Gasteiger partial charge on any atom is 0.229 e. The van der Waals surface area contributed by atoms with Gasteiger partial charge in [0.05, 0.1) is 18.2 Å². The minimum atomic E-state index is -0.138. The fraction of sp³-hybridized carbons (Fsp3) is 0.214. The summed E-state index contributed by atoms with van der Waals surface area (Å²) in [7, 11) is 0. The maximum atomic E-state index is 12.1. The molecule has 0 radical (unpaired) electrons. The number of nitrogens with one attached hydrogen (secondary N) is 2. The highest BCUT2D eigenvalue weighted by Crippen LogP contribution is 2.14. The van der Waals surface area contributed by atoms with Gasteiger partial charge in [-0.15, -0.1) is 0 Å². The number of hydrogen-bond acceptors (Lipinski definition) is 3. The molecular formula is C14H16N4OS. The second-order valence-electron chi connectivity index (χ2n) is 4.68. The van der Waals surface area contributed by atoms with Gasteiger partial charge in [0.15, 0.2) is 0 Å². The summed E-state index contributed by atoms with van der Waals surface area (Å²) < 4.78 is 0. The third-order valence-electron chi connectivity index (χ3n) is 3.02. The third kappa shape index (κ3) is 3.21. The van der Waals surface area contributed by atoms with Gasteiger partial charge in [0, 0.05) is 0 Å². The van der Waals surface area contributed by atoms with Gasteiger partial charge in [-0.1, -0.05) is 36.0 Å². The number of nitrogens with two attached hydrogens (primary N) is 1. The van der Waals surface area contributed by atoms with Gasteiger partial charge in [-0.25, -0.2) is 0 Å². The molecule has 1 aromatic heterocycles. The first-order valence-electron chi connectivity index (χ1n) is 6.16. The number of aryl methyl sites for hydroxylation is 2. The summed E-state index contributed by atoms with van der Waals surface area (Å²) in [6.07, 6.45) is 1.79. The number of rotatable bonds is 4. The van der Waals surface area contributed by atoms with E-state index >= 15 is 0 Å². The van der Waals surface area contributed by atoms with Gasteiger partial charge in [0.25, 0.3) is 0 Å². The van der Waals surface area contributed by atoms with E-state index in [2.05, 4.69) is 15.5 Å². The van der Waals surface area contributed by atoms with E-state index in [4.69, 9.17) is 18.0 Å². The fourth-order valence-corrected chi connectivity index (χ4v) is 2.07. The molecule has 0 spiro atoms. The summed E-state index contributed by atoms with van der Waals surface area (Å²) >= 11 is 4.89. The number of nitrogens with zero attached hydrogens (tertiary/aromatic N) is 1. The first kappa shape index (κ1) is 14.2. The quantitative estimate of drug-likeness (QED) is 0.750. The fourth-order valence-electron chi connectivity index (χ4n) is 1.92. The van der Waals surface area contributed by atoms with Crippen molar-refractivity contribution in [3.05, 3.63) is 46.6 Å². The van der Waals surface area contributed by atoms with Crippen LogP contribution in [-0.2, 0) is 11.2 Å². The summed E-state index contributed by atoms with van der Waals surface area (Å²) in [6, 6.07) is 6.04. The molecule has 0 aliphatic rings. The Morgan fingerprint density at radius 3 is 2.90 bits per heavy atom. The van der Waals surface area contributed by atoms with Gasteiger partial charge in [0.2, 0.25) is 5.91 Å². The van der Waals surface area contributed by atoms with Crippen LogP contribution in [0.5, 0.6) is 0 Å². The van der Waals surface area contributed by atoms with Crippen molar-refractivity contribution in [1.29, 1.82) is 0 Å². The lowest BCUT2D eigenvalue weighted by Gasteiger charge is -2.08. The Bertz CT molecular complexity index is 663. The van der Waals surface area contributed by atoms with Crippen LogP contribution in [0.25, 0.3) is 0 Å². The minimum absolute atomic E-state index is 0.138. The molecule has 0 aliphatic carbocycles. The molecule has 5 nitrogen and oxygen atoms in total. The van der Waals surface area contributed by atoms with Gasteiger partial charge in [-0.05, 0) is 25.0 Å². The first-order valence-corrected chi connectivity index (χ1v) is 6.57. The molecule has 0 atom stereocenters. The molecule has 0 saturated carbocycles. The summed E-state index contributed by atoms with van der Waals surface area (Å²) in [4.78, 5) is 12.3. The topological polar surface area (TPSA) is 83.8 Å². The molecule has 0 unspecified atom stereocenters. The van der Waals surface area contributed by atoms with Crippen LogP contribution >= 0.6 is 12.2 Å². The highest BCUT2D eigenvalue weighted by atomic mass is 32.1. The van der Waals surface area contributed by atoms with Crippen molar-refractivity contribution in [1.82, 2.24) is 10.2 Å². The van der Waals surface area contributed by atoms with Gasteiger partial charge in [-0.2, -0.15) is 5.10 Å². The zero-order valence-corrected chi connectivity index (χ0v) is 12.2. The third-order valence-corrected chi connectivity index (χ3v) is 3.24. The van der Waals surface area contributed by atoms with Crippen molar-refractivity contribution in [2.24, 2.45) is 5.73 Å². The predicted octanol–water partition coefficient (Wildman–Crippen LogP) is 1.84. The molecule has 1 aromatic carbocycles. The van der Waals surface area contributed by atoms with Crippen molar-refractivity contribution < 1.29 is 4.79 Å². The Morgan fingerprint density at radius 1 is 1.45 bits per heavy atom. The van der Waals surface area contributed by atoms with Crippen LogP contribution in [0, 0.1) is 13.8 Å². The first-order chi connectivity index (χ1) is 9.47. The number of hydrogen-bond donors (Lipinski definition) is 3. The number of carbonyl (C=O) groups is 1. The number of benzene rings is 1. The predicted molar refractivity (Wildman–Crippen MR) is 82.7 cm³/mol. The van der Waals surface area contributed by atoms with Crippen LogP contribution in [0.1, 0.15) is 22.3 Å². The van der Waals surface area contributed by atoms with Crippen molar-refractivity contribution in [2.75, 3.05) is 5.32 Å². The zero-order valence-electron chi connectivity index (χ0n) is 11.4. The minimum Gasteiger partial charge on any atom is -0.389 e. The lowest BCUT2D eigenvalue weighted by Crippen LogP contribution is -2.18. The molecule has 104 valence electrons. The van der Waals surface area contributed by atoms with Crippen LogP contribution in [-0.4, -0.2) is 21.1 Å². The van der Waals surface area contributed by atoms with Gasteiger partial charge in [-0.3, -0.25) is 9.89 Å². The van der Waals surface area contributed by atoms with E-state index in [0.717, 1.165) is 16.7 Å². The normalized spacial score (nSPS) is 10.3. The SMILES string of the molecule is Cc1ccc(C)c(CC(=O)Nc2[nH]ncc2C(N)=S)c1. The number of amides is 1. The number of carbonyl (C=O) groups excluding carboxylic acids is 1. The van der Waals surface area contributed by atoms with E-state index in [9.17, 15) is 4.79 Å². The van der Waals surface area contributed by atoms with E-state index in [0.29, 0.717) is 17.8 Å². The molecule has 1 heterocycles. The molecule has 6 heteroatoms. The zero-order chi connectivity index (χ0) is 14.7. The number of thiocarbonyl (C=S) groups is 1. The van der Waals surface area contributed by atoms with Crippen molar-refractivity contribution in [3.63, 3.8) is 0 Å². The summed E-state index contributed by atoms with van der Waals surface area (Å²) in [5.41, 5.74) is 9.30. The summed E-state index contributed by atoms with van der Waals surface area (Å²) in [5, 5.41) is 9.25. The smallest absolute Gasteiger partial charge is 0.229 e. The van der Waals surface area contributed by atoms with E-state index in [1.165, 1.54) is 6.20 Å². The van der Waals surface area contributed by atoms with Crippen LogP contribution in [0.2, 0.25) is 0 Å². The number of aromatic amines is 1. The van der Waals surface area contributed by atoms with E-state index < -0.39 is 0 Å². The lowest BCUT2D eigenvalue weighted by atomic mass is 10.0. The van der Waals surface area contributed by atoms with Gasteiger partial charge >= 0.3 is 0 Å². The second-order valence-corrected chi connectivity index (χ2v) is 5.12. The van der Waals surface area contributed by atoms with Crippen molar-refractivity contribution in [3.8, 4) is 0 Å². The molecule has 2 rings (SSSR count). The monoisotopic (exact) mass is 288 g/mol. The molecule has 2 aromatic rings. The van der Waals surface area contributed by atoms with Crippen molar-refractivity contribution >= 4 is 28.9 Å². The molecule has 0 bridgehead atoms. The van der Waals surface area contributed by atoms with Crippen LogP contribution in [0.4, 0.5) is 5.82 Å². The number of aromatic nitrogens is 2. The molecule has 0 saturated heterocycles. The molecule has 20 heavy (non-hydrogen) atoms. The maximum absolute atomic E-state index is 12.1. The van der Waals surface area contributed by atoms with Crippen LogP contribution in [0.3, 0.4) is 0 Å².